The minimum absolute atomic E-state index is 0.0498. The fraction of sp³-hybridized carbons (Fsp3) is 0.353. The van der Waals surface area contributed by atoms with E-state index >= 15 is 0 Å². The van der Waals surface area contributed by atoms with Crippen LogP contribution in [0.4, 0.5) is 5.69 Å². The second-order valence-corrected chi connectivity index (χ2v) is 15.3. The summed E-state index contributed by atoms with van der Waals surface area (Å²) < 4.78 is 34.0. The van der Waals surface area contributed by atoms with Crippen LogP contribution in [0.15, 0.2) is 76.1 Å². The predicted molar refractivity (Wildman–Crippen MR) is 178 cm³/mol. The molecule has 2 aliphatic rings. The SMILES string of the molecule is CC(C)(C)c1ccc(S(=O)(=O)NC(=O)c2cccc(N3CCN(Cc4c(-c5c(Cl)cccc5Cl)noc4C4CC4)CC3)c2)cc1. The molecule has 0 atom stereocenters. The van der Waals surface area contributed by atoms with Crippen molar-refractivity contribution in [2.24, 2.45) is 0 Å². The summed E-state index contributed by atoms with van der Waals surface area (Å²) in [4.78, 5) is 17.7. The van der Waals surface area contributed by atoms with E-state index in [9.17, 15) is 13.2 Å². The summed E-state index contributed by atoms with van der Waals surface area (Å²) in [5.41, 5.74) is 4.48. The van der Waals surface area contributed by atoms with Crippen LogP contribution in [-0.2, 0) is 22.0 Å². The Hall–Kier alpha value is -3.37. The van der Waals surface area contributed by atoms with E-state index in [1.54, 1.807) is 30.3 Å². The first-order valence-corrected chi connectivity index (χ1v) is 17.3. The summed E-state index contributed by atoms with van der Waals surface area (Å²) in [6.07, 6.45) is 2.17. The third-order valence-electron chi connectivity index (χ3n) is 8.45. The van der Waals surface area contributed by atoms with Crippen LogP contribution >= 0.6 is 23.2 Å². The van der Waals surface area contributed by atoms with Crippen molar-refractivity contribution in [2.75, 3.05) is 31.1 Å². The third kappa shape index (κ3) is 6.92. The van der Waals surface area contributed by atoms with Gasteiger partial charge in [0.15, 0.2) is 0 Å². The van der Waals surface area contributed by atoms with Gasteiger partial charge in [0.25, 0.3) is 15.9 Å². The zero-order valence-electron chi connectivity index (χ0n) is 25.5. The molecule has 0 unspecified atom stereocenters. The smallest absolute Gasteiger partial charge is 0.265 e. The van der Waals surface area contributed by atoms with Gasteiger partial charge in [0.1, 0.15) is 11.5 Å². The van der Waals surface area contributed by atoms with Gasteiger partial charge in [-0.2, -0.15) is 0 Å². The maximum atomic E-state index is 13.1. The standard InChI is InChI=1S/C34H36Cl2N4O4S/c1-34(2,3)24-12-14-26(15-13-24)45(42,43)38-33(41)23-6-4-7-25(20-23)40-18-16-39(17-19-40)21-27-31(37-44-32(27)22-10-11-22)30-28(35)8-5-9-29(30)36/h4-9,12-15,20,22H,10-11,16-19,21H2,1-3H3,(H,38,41). The van der Waals surface area contributed by atoms with Crippen LogP contribution in [0.2, 0.25) is 10.0 Å². The molecular formula is C34H36Cl2N4O4S. The van der Waals surface area contributed by atoms with Gasteiger partial charge in [0.05, 0.1) is 14.9 Å². The molecule has 1 aliphatic heterocycles. The number of aromatic nitrogens is 1. The van der Waals surface area contributed by atoms with Crippen molar-refractivity contribution in [3.05, 3.63) is 99.2 Å². The molecule has 1 saturated heterocycles. The highest BCUT2D eigenvalue weighted by Crippen LogP contribution is 2.46. The van der Waals surface area contributed by atoms with Crippen LogP contribution in [0.3, 0.4) is 0 Å². The molecule has 4 aromatic rings. The topological polar surface area (TPSA) is 95.8 Å². The average Bonchev–Trinajstić information content (AvgIpc) is 3.78. The molecule has 1 N–H and O–H groups in total. The highest BCUT2D eigenvalue weighted by Gasteiger charge is 2.34. The summed E-state index contributed by atoms with van der Waals surface area (Å²) in [7, 11) is -4.02. The van der Waals surface area contributed by atoms with Gasteiger partial charge >= 0.3 is 0 Å². The molecule has 3 aromatic carbocycles. The molecule has 45 heavy (non-hydrogen) atoms. The molecule has 0 radical (unpaired) electrons. The molecule has 1 aliphatic carbocycles. The molecule has 0 bridgehead atoms. The van der Waals surface area contributed by atoms with Gasteiger partial charge in [0.2, 0.25) is 0 Å². The lowest BCUT2D eigenvalue weighted by Gasteiger charge is -2.36. The Morgan fingerprint density at radius 3 is 2.22 bits per heavy atom. The predicted octanol–water partition coefficient (Wildman–Crippen LogP) is 7.26. The first-order valence-electron chi connectivity index (χ1n) is 15.1. The number of nitrogens with zero attached hydrogens (tertiary/aromatic N) is 3. The van der Waals surface area contributed by atoms with Gasteiger partial charge in [-0.05, 0) is 66.3 Å². The summed E-state index contributed by atoms with van der Waals surface area (Å²) in [6, 6.07) is 19.1. The van der Waals surface area contributed by atoms with E-state index in [1.807, 2.05) is 24.3 Å². The van der Waals surface area contributed by atoms with Gasteiger partial charge < -0.3 is 9.42 Å². The maximum Gasteiger partial charge on any atom is 0.265 e. The monoisotopic (exact) mass is 666 g/mol. The Labute approximate surface area is 274 Å². The Kier molecular flexibility index (Phi) is 8.73. The minimum atomic E-state index is -4.02. The number of rotatable bonds is 8. The van der Waals surface area contributed by atoms with Crippen molar-refractivity contribution >= 4 is 44.8 Å². The van der Waals surface area contributed by atoms with E-state index in [0.29, 0.717) is 33.8 Å². The minimum Gasteiger partial charge on any atom is -0.369 e. The number of hydrogen-bond acceptors (Lipinski definition) is 7. The summed E-state index contributed by atoms with van der Waals surface area (Å²) >= 11 is 13.1. The highest BCUT2D eigenvalue weighted by molar-refractivity contribution is 7.90. The van der Waals surface area contributed by atoms with Crippen LogP contribution in [0, 0.1) is 0 Å². The lowest BCUT2D eigenvalue weighted by molar-refractivity contribution is 0.0981. The van der Waals surface area contributed by atoms with Crippen LogP contribution in [0.1, 0.15) is 66.8 Å². The van der Waals surface area contributed by atoms with Crippen LogP contribution in [0.5, 0.6) is 0 Å². The maximum absolute atomic E-state index is 13.1. The molecule has 8 nitrogen and oxygen atoms in total. The van der Waals surface area contributed by atoms with Crippen LogP contribution in [-0.4, -0.2) is 50.6 Å². The lowest BCUT2D eigenvalue weighted by Crippen LogP contribution is -2.46. The Bertz CT molecular complexity index is 1800. The van der Waals surface area contributed by atoms with Crippen molar-refractivity contribution in [3.8, 4) is 11.3 Å². The summed E-state index contributed by atoms with van der Waals surface area (Å²) in [6.45, 7) is 9.85. The van der Waals surface area contributed by atoms with Gasteiger partial charge in [-0.25, -0.2) is 13.1 Å². The molecule has 2 heterocycles. The molecule has 0 spiro atoms. The first-order chi connectivity index (χ1) is 21.4. The van der Waals surface area contributed by atoms with Crippen molar-refractivity contribution in [1.29, 1.82) is 0 Å². The number of nitrogens with one attached hydrogen (secondary N) is 1. The van der Waals surface area contributed by atoms with Crippen molar-refractivity contribution < 1.29 is 17.7 Å². The number of carbonyl (C=O) groups is 1. The van der Waals surface area contributed by atoms with Crippen LogP contribution < -0.4 is 9.62 Å². The number of carbonyl (C=O) groups excluding carboxylic acids is 1. The molecule has 1 amide bonds. The quantitative estimate of drug-likeness (QED) is 0.211. The number of benzene rings is 3. The van der Waals surface area contributed by atoms with Crippen molar-refractivity contribution in [2.45, 2.75) is 56.4 Å². The van der Waals surface area contributed by atoms with E-state index in [1.165, 1.54) is 12.1 Å². The summed E-state index contributed by atoms with van der Waals surface area (Å²) in [5.74, 6) is 0.632. The van der Waals surface area contributed by atoms with E-state index in [0.717, 1.165) is 61.6 Å². The lowest BCUT2D eigenvalue weighted by atomic mass is 9.87. The fourth-order valence-corrected chi connectivity index (χ4v) is 7.22. The second-order valence-electron chi connectivity index (χ2n) is 12.8. The van der Waals surface area contributed by atoms with E-state index in [2.05, 4.69) is 40.4 Å². The first kappa shape index (κ1) is 31.6. The largest absolute Gasteiger partial charge is 0.369 e. The number of sulfonamides is 1. The average molecular weight is 668 g/mol. The summed E-state index contributed by atoms with van der Waals surface area (Å²) in [5, 5.41) is 5.50. The molecule has 1 saturated carbocycles. The number of anilines is 1. The highest BCUT2D eigenvalue weighted by atomic mass is 35.5. The molecule has 2 fully saturated rings. The fourth-order valence-electron chi connectivity index (χ4n) is 5.67. The van der Waals surface area contributed by atoms with Gasteiger partial charge in [-0.1, -0.05) is 73.4 Å². The Morgan fingerprint density at radius 1 is 0.956 bits per heavy atom. The van der Waals surface area contributed by atoms with Gasteiger partial charge in [-0.15, -0.1) is 0 Å². The van der Waals surface area contributed by atoms with Gasteiger partial charge in [-0.3, -0.25) is 9.69 Å². The molecule has 6 rings (SSSR count). The molecule has 11 heteroatoms. The van der Waals surface area contributed by atoms with Gasteiger partial charge in [0, 0.05) is 61.0 Å². The molecule has 1 aromatic heterocycles. The Balaban J connectivity index is 1.12. The number of piperazine rings is 1. The zero-order chi connectivity index (χ0) is 31.9. The van der Waals surface area contributed by atoms with Crippen LogP contribution in [0.25, 0.3) is 11.3 Å². The van der Waals surface area contributed by atoms with E-state index in [-0.39, 0.29) is 15.9 Å². The number of hydrogen-bond donors (Lipinski definition) is 1. The second kappa shape index (κ2) is 12.4. The number of halogens is 2. The number of amides is 1. The third-order valence-corrected chi connectivity index (χ3v) is 10.4. The zero-order valence-corrected chi connectivity index (χ0v) is 27.8. The van der Waals surface area contributed by atoms with Crippen molar-refractivity contribution in [1.82, 2.24) is 14.8 Å². The molecule has 236 valence electrons. The normalized spacial score (nSPS) is 16.2. The van der Waals surface area contributed by atoms with Crippen molar-refractivity contribution in [3.63, 3.8) is 0 Å². The Morgan fingerprint density at radius 2 is 1.60 bits per heavy atom. The van der Waals surface area contributed by atoms with E-state index < -0.39 is 15.9 Å². The van der Waals surface area contributed by atoms with E-state index in [4.69, 9.17) is 27.7 Å². The molecular weight excluding hydrogens is 631 g/mol.